The highest BCUT2D eigenvalue weighted by Gasteiger charge is 2.36. The van der Waals surface area contributed by atoms with E-state index in [1.807, 2.05) is 25.1 Å². The standard InChI is InChI=1S/C29H37N3O5/c1-6-37-29(34)21-11-13-31(14-12-21)18-28(33)32-26(24-16-23(35-4)9-10-27(24)36-5)17-25(30-32)22-8-7-19(2)20(3)15-22/h7-10,15-16,21,26H,6,11-14,17-18H2,1-5H3. The Morgan fingerprint density at radius 3 is 2.41 bits per heavy atom. The molecule has 0 bridgehead atoms. The molecule has 2 heterocycles. The predicted molar refractivity (Wildman–Crippen MR) is 142 cm³/mol. The molecule has 8 heteroatoms. The van der Waals surface area contributed by atoms with E-state index in [9.17, 15) is 9.59 Å². The van der Waals surface area contributed by atoms with Gasteiger partial charge in [0.15, 0.2) is 0 Å². The number of carbonyl (C=O) groups is 2. The average Bonchev–Trinajstić information content (AvgIpc) is 3.36. The molecule has 4 rings (SSSR count). The molecule has 0 N–H and O–H groups in total. The number of piperidine rings is 1. The topological polar surface area (TPSA) is 80.7 Å². The van der Waals surface area contributed by atoms with E-state index in [0.29, 0.717) is 50.5 Å². The molecule has 1 atom stereocenters. The van der Waals surface area contributed by atoms with Crippen LogP contribution in [-0.2, 0) is 14.3 Å². The van der Waals surface area contributed by atoms with Crippen LogP contribution < -0.4 is 9.47 Å². The molecule has 1 fully saturated rings. The molecular formula is C29H37N3O5. The van der Waals surface area contributed by atoms with Gasteiger partial charge < -0.3 is 14.2 Å². The van der Waals surface area contributed by atoms with Gasteiger partial charge >= 0.3 is 5.97 Å². The Kier molecular flexibility index (Phi) is 8.48. The number of methoxy groups -OCH3 is 2. The van der Waals surface area contributed by atoms with Crippen molar-refractivity contribution in [2.75, 3.05) is 40.5 Å². The summed E-state index contributed by atoms with van der Waals surface area (Å²) in [6.45, 7) is 7.96. The Morgan fingerprint density at radius 2 is 1.76 bits per heavy atom. The van der Waals surface area contributed by atoms with E-state index in [1.54, 1.807) is 19.2 Å². The Morgan fingerprint density at radius 1 is 1.00 bits per heavy atom. The summed E-state index contributed by atoms with van der Waals surface area (Å²) in [7, 11) is 3.26. The van der Waals surface area contributed by atoms with E-state index in [-0.39, 0.29) is 30.4 Å². The molecular weight excluding hydrogens is 470 g/mol. The number of ether oxygens (including phenoxy) is 3. The molecule has 0 spiro atoms. The number of rotatable bonds is 8. The largest absolute Gasteiger partial charge is 0.497 e. The Balaban J connectivity index is 1.58. The number of benzene rings is 2. The Labute approximate surface area is 219 Å². The van der Waals surface area contributed by atoms with E-state index in [4.69, 9.17) is 19.3 Å². The third-order valence-electron chi connectivity index (χ3n) is 7.37. The van der Waals surface area contributed by atoms with Crippen LogP contribution in [0.4, 0.5) is 0 Å². The van der Waals surface area contributed by atoms with E-state index < -0.39 is 0 Å². The van der Waals surface area contributed by atoms with Crippen molar-refractivity contribution in [3.8, 4) is 11.5 Å². The molecule has 0 saturated carbocycles. The Bertz CT molecular complexity index is 1170. The maximum absolute atomic E-state index is 13.7. The molecule has 2 aliphatic heterocycles. The van der Waals surface area contributed by atoms with Crippen LogP contribution in [0.25, 0.3) is 0 Å². The molecule has 0 radical (unpaired) electrons. The highest BCUT2D eigenvalue weighted by molar-refractivity contribution is 6.03. The minimum Gasteiger partial charge on any atom is -0.497 e. The van der Waals surface area contributed by atoms with Gasteiger partial charge in [0, 0.05) is 12.0 Å². The summed E-state index contributed by atoms with van der Waals surface area (Å²) in [5.74, 6) is 1.07. The van der Waals surface area contributed by atoms with Crippen LogP contribution in [0.1, 0.15) is 54.5 Å². The summed E-state index contributed by atoms with van der Waals surface area (Å²) >= 11 is 0. The second kappa shape index (κ2) is 11.8. The van der Waals surface area contributed by atoms with Crippen molar-refractivity contribution in [2.45, 2.75) is 46.1 Å². The van der Waals surface area contributed by atoms with Crippen LogP contribution in [-0.4, -0.2) is 68.0 Å². The number of nitrogens with zero attached hydrogens (tertiary/aromatic N) is 3. The lowest BCUT2D eigenvalue weighted by Crippen LogP contribution is -2.43. The van der Waals surface area contributed by atoms with Gasteiger partial charge in [-0.3, -0.25) is 14.5 Å². The molecule has 2 aliphatic rings. The summed E-state index contributed by atoms with van der Waals surface area (Å²) in [6.07, 6.45) is 1.95. The van der Waals surface area contributed by atoms with Crippen LogP contribution in [0.3, 0.4) is 0 Å². The molecule has 1 unspecified atom stereocenters. The van der Waals surface area contributed by atoms with Gasteiger partial charge in [0.1, 0.15) is 11.5 Å². The van der Waals surface area contributed by atoms with Crippen molar-refractivity contribution in [3.63, 3.8) is 0 Å². The molecule has 198 valence electrons. The first-order valence-electron chi connectivity index (χ1n) is 12.9. The van der Waals surface area contributed by atoms with Crippen molar-refractivity contribution in [3.05, 3.63) is 58.7 Å². The smallest absolute Gasteiger partial charge is 0.309 e. The first-order chi connectivity index (χ1) is 17.8. The van der Waals surface area contributed by atoms with E-state index in [0.717, 1.165) is 16.8 Å². The monoisotopic (exact) mass is 507 g/mol. The van der Waals surface area contributed by atoms with Crippen LogP contribution in [0, 0.1) is 19.8 Å². The molecule has 2 aromatic rings. The second-order valence-corrected chi connectivity index (χ2v) is 9.71. The quantitative estimate of drug-likeness (QED) is 0.497. The number of esters is 1. The van der Waals surface area contributed by atoms with Gasteiger partial charge in [-0.1, -0.05) is 12.1 Å². The highest BCUT2D eigenvalue weighted by atomic mass is 16.5. The van der Waals surface area contributed by atoms with Crippen molar-refractivity contribution < 1.29 is 23.8 Å². The second-order valence-electron chi connectivity index (χ2n) is 9.71. The van der Waals surface area contributed by atoms with Gasteiger partial charge in [-0.2, -0.15) is 5.10 Å². The van der Waals surface area contributed by atoms with E-state index >= 15 is 0 Å². The van der Waals surface area contributed by atoms with Gasteiger partial charge in [0.25, 0.3) is 5.91 Å². The lowest BCUT2D eigenvalue weighted by molar-refractivity contribution is -0.149. The molecule has 2 aromatic carbocycles. The lowest BCUT2D eigenvalue weighted by Gasteiger charge is -2.32. The minimum atomic E-state index is -0.314. The zero-order chi connectivity index (χ0) is 26.5. The van der Waals surface area contributed by atoms with E-state index in [2.05, 4.69) is 36.9 Å². The molecule has 0 aliphatic carbocycles. The van der Waals surface area contributed by atoms with Crippen molar-refractivity contribution in [1.82, 2.24) is 9.91 Å². The Hall–Kier alpha value is -3.39. The summed E-state index contributed by atoms with van der Waals surface area (Å²) in [4.78, 5) is 27.9. The number of amides is 1. The number of hydrazone groups is 1. The van der Waals surface area contributed by atoms with E-state index in [1.165, 1.54) is 11.1 Å². The summed E-state index contributed by atoms with van der Waals surface area (Å²) in [6, 6.07) is 11.6. The molecule has 1 amide bonds. The zero-order valence-electron chi connectivity index (χ0n) is 22.5. The summed E-state index contributed by atoms with van der Waals surface area (Å²) in [5, 5.41) is 6.46. The normalized spacial score (nSPS) is 18.5. The van der Waals surface area contributed by atoms with Crippen LogP contribution in [0.15, 0.2) is 41.5 Å². The van der Waals surface area contributed by atoms with Gasteiger partial charge in [-0.05, 0) is 87.7 Å². The number of hydrogen-bond acceptors (Lipinski definition) is 7. The average molecular weight is 508 g/mol. The highest BCUT2D eigenvalue weighted by Crippen LogP contribution is 2.39. The molecule has 1 saturated heterocycles. The minimum absolute atomic E-state index is 0.0803. The number of hydrogen-bond donors (Lipinski definition) is 0. The first-order valence-corrected chi connectivity index (χ1v) is 12.9. The SMILES string of the molecule is CCOC(=O)C1CCN(CC(=O)N2N=C(c3ccc(C)c(C)c3)CC2c2cc(OC)ccc2OC)CC1. The number of aryl methyl sites for hydroxylation is 2. The van der Waals surface area contributed by atoms with Gasteiger partial charge in [-0.15, -0.1) is 0 Å². The van der Waals surface area contributed by atoms with Crippen molar-refractivity contribution in [2.24, 2.45) is 11.0 Å². The van der Waals surface area contributed by atoms with Crippen LogP contribution in [0.2, 0.25) is 0 Å². The van der Waals surface area contributed by atoms with Gasteiger partial charge in [0.05, 0.1) is 45.0 Å². The van der Waals surface area contributed by atoms with Crippen LogP contribution >= 0.6 is 0 Å². The fourth-order valence-corrected chi connectivity index (χ4v) is 5.03. The molecule has 37 heavy (non-hydrogen) atoms. The van der Waals surface area contributed by atoms with Crippen molar-refractivity contribution in [1.29, 1.82) is 0 Å². The zero-order valence-corrected chi connectivity index (χ0v) is 22.5. The lowest BCUT2D eigenvalue weighted by atomic mass is 9.95. The molecule has 8 nitrogen and oxygen atoms in total. The maximum Gasteiger partial charge on any atom is 0.309 e. The number of carbonyl (C=O) groups excluding carboxylic acids is 2. The number of likely N-dealkylation sites (tertiary alicyclic amines) is 1. The van der Waals surface area contributed by atoms with Gasteiger partial charge in [0.2, 0.25) is 0 Å². The van der Waals surface area contributed by atoms with Gasteiger partial charge in [-0.25, -0.2) is 5.01 Å². The third kappa shape index (κ3) is 5.96. The fraction of sp³-hybridized carbons (Fsp3) is 0.483. The van der Waals surface area contributed by atoms with Crippen LogP contribution in [0.5, 0.6) is 11.5 Å². The van der Waals surface area contributed by atoms with Crippen molar-refractivity contribution >= 4 is 17.6 Å². The summed E-state index contributed by atoms with van der Waals surface area (Å²) in [5.41, 5.74) is 5.14. The summed E-state index contributed by atoms with van der Waals surface area (Å²) < 4.78 is 16.3. The molecule has 0 aromatic heterocycles. The fourth-order valence-electron chi connectivity index (χ4n) is 5.03. The first kappa shape index (κ1) is 26.7. The maximum atomic E-state index is 13.7. The third-order valence-corrected chi connectivity index (χ3v) is 7.37. The predicted octanol–water partition coefficient (Wildman–Crippen LogP) is 4.27.